The van der Waals surface area contributed by atoms with Crippen molar-refractivity contribution in [1.29, 1.82) is 0 Å². The first-order valence-electron chi connectivity index (χ1n) is 10.9. The molecule has 0 unspecified atom stereocenters. The number of amides is 1. The van der Waals surface area contributed by atoms with Crippen molar-refractivity contribution in [2.24, 2.45) is 7.05 Å². The van der Waals surface area contributed by atoms with E-state index in [1.54, 1.807) is 29.3 Å². The molecule has 0 radical (unpaired) electrons. The standard InChI is InChI=1S/C25H25FN6O/c1-14-10-19-24(15(2)23(14)16-4-7-27-8-5-16)17(22-6-9-29-32(22)3)11-20(30-19)25(33)31-21-13-28-12-18(21)26/h4-11,18,21,28H,12-13H2,1-3H3,(H,31,33)/t18-,21+/m0/s1. The van der Waals surface area contributed by atoms with E-state index in [0.29, 0.717) is 12.1 Å². The molecular weight excluding hydrogens is 419 g/mol. The molecule has 1 aliphatic heterocycles. The second kappa shape index (κ2) is 8.37. The van der Waals surface area contributed by atoms with Crippen molar-refractivity contribution in [2.45, 2.75) is 26.1 Å². The van der Waals surface area contributed by atoms with E-state index in [9.17, 15) is 9.18 Å². The van der Waals surface area contributed by atoms with Crippen LogP contribution >= 0.6 is 0 Å². The Labute approximate surface area is 191 Å². The quantitative estimate of drug-likeness (QED) is 0.504. The van der Waals surface area contributed by atoms with Gasteiger partial charge in [-0.05, 0) is 66.4 Å². The van der Waals surface area contributed by atoms with Gasteiger partial charge in [-0.1, -0.05) is 0 Å². The number of fused-ring (bicyclic) bond motifs is 1. The minimum absolute atomic E-state index is 0.243. The van der Waals surface area contributed by atoms with Crippen molar-refractivity contribution >= 4 is 16.8 Å². The van der Waals surface area contributed by atoms with E-state index >= 15 is 0 Å². The van der Waals surface area contributed by atoms with Crippen LogP contribution in [0.3, 0.4) is 0 Å². The largest absolute Gasteiger partial charge is 0.344 e. The first-order chi connectivity index (χ1) is 15.9. The van der Waals surface area contributed by atoms with Gasteiger partial charge < -0.3 is 10.6 Å². The lowest BCUT2D eigenvalue weighted by Crippen LogP contribution is -2.41. The van der Waals surface area contributed by atoms with E-state index in [-0.39, 0.29) is 18.1 Å². The maximum absolute atomic E-state index is 14.1. The van der Waals surface area contributed by atoms with Gasteiger partial charge in [0, 0.05) is 49.7 Å². The SMILES string of the molecule is Cc1cc2nc(C(=O)N[C@@H]3CNC[C@@H]3F)cc(-c3ccnn3C)c2c(C)c1-c1ccncc1. The Balaban J connectivity index is 1.71. The van der Waals surface area contributed by atoms with Crippen molar-refractivity contribution in [3.63, 3.8) is 0 Å². The highest BCUT2D eigenvalue weighted by Crippen LogP contribution is 2.37. The number of alkyl halides is 1. The molecule has 2 N–H and O–H groups in total. The van der Waals surface area contributed by atoms with E-state index < -0.39 is 12.2 Å². The second-order valence-corrected chi connectivity index (χ2v) is 8.47. The topological polar surface area (TPSA) is 84.7 Å². The highest BCUT2D eigenvalue weighted by molar-refractivity contribution is 6.04. The molecule has 1 aromatic carbocycles. The Morgan fingerprint density at radius 3 is 2.61 bits per heavy atom. The molecule has 4 aromatic rings. The monoisotopic (exact) mass is 444 g/mol. The molecule has 8 heteroatoms. The van der Waals surface area contributed by atoms with Gasteiger partial charge in [-0.25, -0.2) is 9.37 Å². The average Bonchev–Trinajstić information content (AvgIpc) is 3.41. The molecule has 3 aromatic heterocycles. The van der Waals surface area contributed by atoms with Gasteiger partial charge in [0.05, 0.1) is 17.3 Å². The summed E-state index contributed by atoms with van der Waals surface area (Å²) >= 11 is 0. The number of nitrogens with one attached hydrogen (secondary N) is 2. The average molecular weight is 445 g/mol. The predicted molar refractivity (Wildman–Crippen MR) is 126 cm³/mol. The number of pyridine rings is 2. The summed E-state index contributed by atoms with van der Waals surface area (Å²) in [6.07, 6.45) is 4.18. The highest BCUT2D eigenvalue weighted by atomic mass is 19.1. The summed E-state index contributed by atoms with van der Waals surface area (Å²) in [7, 11) is 1.87. The molecule has 1 saturated heterocycles. The lowest BCUT2D eigenvalue weighted by Gasteiger charge is -2.18. The summed E-state index contributed by atoms with van der Waals surface area (Å²) in [4.78, 5) is 21.9. The Hall–Kier alpha value is -3.65. The van der Waals surface area contributed by atoms with Crippen molar-refractivity contribution in [2.75, 3.05) is 13.1 Å². The normalized spacial score (nSPS) is 18.1. The molecule has 0 bridgehead atoms. The summed E-state index contributed by atoms with van der Waals surface area (Å²) in [5.41, 5.74) is 7.01. The molecule has 0 spiro atoms. The van der Waals surface area contributed by atoms with E-state index in [4.69, 9.17) is 4.98 Å². The van der Waals surface area contributed by atoms with Gasteiger partial charge in [-0.3, -0.25) is 14.5 Å². The van der Waals surface area contributed by atoms with Crippen LogP contribution < -0.4 is 10.6 Å². The number of aryl methyl sites for hydroxylation is 3. The molecular formula is C25H25FN6O. The Morgan fingerprint density at radius 1 is 1.15 bits per heavy atom. The van der Waals surface area contributed by atoms with Gasteiger partial charge in [0.1, 0.15) is 11.9 Å². The Kier molecular flexibility index (Phi) is 5.38. The van der Waals surface area contributed by atoms with Crippen LogP contribution in [0.1, 0.15) is 21.6 Å². The second-order valence-electron chi connectivity index (χ2n) is 8.47. The predicted octanol–water partition coefficient (Wildman–Crippen LogP) is 3.35. The van der Waals surface area contributed by atoms with E-state index in [2.05, 4.69) is 27.6 Å². The van der Waals surface area contributed by atoms with E-state index in [1.165, 1.54) is 0 Å². The summed E-state index contributed by atoms with van der Waals surface area (Å²) < 4.78 is 15.8. The molecule has 1 aliphatic rings. The van der Waals surface area contributed by atoms with Crippen LogP contribution in [-0.4, -0.2) is 51.0 Å². The number of carbonyl (C=O) groups is 1. The molecule has 2 atom stereocenters. The number of benzene rings is 1. The molecule has 0 saturated carbocycles. The van der Waals surface area contributed by atoms with Gasteiger partial charge in [-0.15, -0.1) is 0 Å². The summed E-state index contributed by atoms with van der Waals surface area (Å²) in [6, 6.07) is 9.12. The molecule has 1 amide bonds. The number of aromatic nitrogens is 4. The van der Waals surface area contributed by atoms with Crippen LogP contribution in [0.2, 0.25) is 0 Å². The van der Waals surface area contributed by atoms with Gasteiger partial charge in [0.2, 0.25) is 0 Å². The molecule has 168 valence electrons. The lowest BCUT2D eigenvalue weighted by atomic mass is 9.90. The number of rotatable bonds is 4. The van der Waals surface area contributed by atoms with Crippen molar-refractivity contribution in [3.8, 4) is 22.4 Å². The van der Waals surface area contributed by atoms with E-state index in [0.717, 1.165) is 38.9 Å². The smallest absolute Gasteiger partial charge is 0.270 e. The third-order valence-electron chi connectivity index (χ3n) is 6.30. The summed E-state index contributed by atoms with van der Waals surface area (Å²) in [5, 5.41) is 11.0. The number of halogens is 1. The lowest BCUT2D eigenvalue weighted by molar-refractivity contribution is 0.0919. The third kappa shape index (κ3) is 3.76. The van der Waals surface area contributed by atoms with Crippen LogP contribution in [0, 0.1) is 13.8 Å². The Bertz CT molecular complexity index is 1350. The zero-order chi connectivity index (χ0) is 23.1. The highest BCUT2D eigenvalue weighted by Gasteiger charge is 2.29. The molecule has 4 heterocycles. The van der Waals surface area contributed by atoms with Gasteiger partial charge in [0.25, 0.3) is 5.91 Å². The van der Waals surface area contributed by atoms with Crippen LogP contribution in [0.25, 0.3) is 33.3 Å². The maximum Gasteiger partial charge on any atom is 0.270 e. The number of hydrogen-bond acceptors (Lipinski definition) is 5. The summed E-state index contributed by atoms with van der Waals surface area (Å²) in [5.74, 6) is -0.384. The summed E-state index contributed by atoms with van der Waals surface area (Å²) in [6.45, 7) is 4.76. The first kappa shape index (κ1) is 21.2. The van der Waals surface area contributed by atoms with Gasteiger partial charge in [0.15, 0.2) is 0 Å². The van der Waals surface area contributed by atoms with Crippen LogP contribution in [0.4, 0.5) is 4.39 Å². The zero-order valence-corrected chi connectivity index (χ0v) is 18.8. The van der Waals surface area contributed by atoms with Crippen LogP contribution in [-0.2, 0) is 7.05 Å². The zero-order valence-electron chi connectivity index (χ0n) is 18.8. The Morgan fingerprint density at radius 2 is 1.94 bits per heavy atom. The number of carbonyl (C=O) groups excluding carboxylic acids is 1. The van der Waals surface area contributed by atoms with E-state index in [1.807, 2.05) is 38.2 Å². The third-order valence-corrected chi connectivity index (χ3v) is 6.30. The van der Waals surface area contributed by atoms with Crippen LogP contribution in [0.5, 0.6) is 0 Å². The minimum atomic E-state index is -1.11. The van der Waals surface area contributed by atoms with Crippen molar-refractivity contribution in [3.05, 3.63) is 65.7 Å². The van der Waals surface area contributed by atoms with Gasteiger partial charge >= 0.3 is 0 Å². The fraction of sp³-hybridized carbons (Fsp3) is 0.280. The van der Waals surface area contributed by atoms with Crippen molar-refractivity contribution < 1.29 is 9.18 Å². The maximum atomic E-state index is 14.1. The molecule has 0 aliphatic carbocycles. The fourth-order valence-corrected chi connectivity index (χ4v) is 4.71. The van der Waals surface area contributed by atoms with Crippen molar-refractivity contribution in [1.82, 2.24) is 30.4 Å². The molecule has 5 rings (SSSR count). The number of nitrogens with zero attached hydrogens (tertiary/aromatic N) is 4. The van der Waals surface area contributed by atoms with Crippen LogP contribution in [0.15, 0.2) is 48.9 Å². The fourth-order valence-electron chi connectivity index (χ4n) is 4.71. The molecule has 1 fully saturated rings. The van der Waals surface area contributed by atoms with Gasteiger partial charge in [-0.2, -0.15) is 5.10 Å². The first-order valence-corrected chi connectivity index (χ1v) is 10.9. The molecule has 33 heavy (non-hydrogen) atoms. The number of hydrogen-bond donors (Lipinski definition) is 2. The molecule has 7 nitrogen and oxygen atoms in total. The minimum Gasteiger partial charge on any atom is -0.344 e.